The Morgan fingerprint density at radius 1 is 1.15 bits per heavy atom. The standard InChI is InChI=1S/C26H31N5OS/c1-15(2)25(32)28-21-11-10-19(13-16(21)3)31-24(20-14-17(4)30(6)18(20)5)23(29-26(31)33)22-9-7-8-12-27-22/h7-15,23-24H,1-6H3,(H,28,32)(H,29,33)/t23-,24-/m0/s1. The first kappa shape index (κ1) is 23.0. The number of nitrogens with one attached hydrogen (secondary N) is 2. The number of aryl methyl sites for hydroxylation is 2. The Bertz CT molecular complexity index is 1200. The molecule has 0 spiro atoms. The van der Waals surface area contributed by atoms with Gasteiger partial charge in [0.15, 0.2) is 5.11 Å². The smallest absolute Gasteiger partial charge is 0.226 e. The van der Waals surface area contributed by atoms with Gasteiger partial charge in [0, 0.05) is 41.9 Å². The zero-order valence-corrected chi connectivity index (χ0v) is 20.8. The quantitative estimate of drug-likeness (QED) is 0.517. The number of nitrogens with zero attached hydrogens (tertiary/aromatic N) is 3. The lowest BCUT2D eigenvalue weighted by Crippen LogP contribution is -2.29. The average Bonchev–Trinajstić information content (AvgIpc) is 3.26. The molecule has 1 aliphatic heterocycles. The highest BCUT2D eigenvalue weighted by molar-refractivity contribution is 7.80. The van der Waals surface area contributed by atoms with Gasteiger partial charge in [0.05, 0.1) is 17.8 Å². The summed E-state index contributed by atoms with van der Waals surface area (Å²) in [5.41, 5.74) is 7.36. The van der Waals surface area contributed by atoms with E-state index >= 15 is 0 Å². The third-order valence-corrected chi connectivity index (χ3v) is 6.82. The first-order valence-corrected chi connectivity index (χ1v) is 11.6. The lowest BCUT2D eigenvalue weighted by molar-refractivity contribution is -0.118. The zero-order valence-electron chi connectivity index (χ0n) is 20.0. The molecule has 172 valence electrons. The van der Waals surface area contributed by atoms with Gasteiger partial charge in [-0.3, -0.25) is 9.78 Å². The maximum absolute atomic E-state index is 12.2. The molecule has 6 nitrogen and oxygen atoms in total. The van der Waals surface area contributed by atoms with Crippen molar-refractivity contribution in [2.45, 2.75) is 46.7 Å². The van der Waals surface area contributed by atoms with Gasteiger partial charge in [0.2, 0.25) is 5.91 Å². The van der Waals surface area contributed by atoms with Crippen molar-refractivity contribution in [2.24, 2.45) is 13.0 Å². The van der Waals surface area contributed by atoms with Crippen LogP contribution in [0.15, 0.2) is 48.7 Å². The van der Waals surface area contributed by atoms with Gasteiger partial charge in [-0.1, -0.05) is 19.9 Å². The number of rotatable bonds is 5. The van der Waals surface area contributed by atoms with E-state index in [9.17, 15) is 4.79 Å². The molecule has 0 aliphatic carbocycles. The van der Waals surface area contributed by atoms with Crippen LogP contribution >= 0.6 is 12.2 Å². The number of hydrogen-bond donors (Lipinski definition) is 2. The molecule has 3 heterocycles. The minimum Gasteiger partial charge on any atom is -0.352 e. The van der Waals surface area contributed by atoms with Crippen LogP contribution in [0.1, 0.15) is 54.1 Å². The van der Waals surface area contributed by atoms with Gasteiger partial charge in [0.1, 0.15) is 0 Å². The maximum atomic E-state index is 12.2. The Balaban J connectivity index is 1.79. The Labute approximate surface area is 201 Å². The number of hydrogen-bond acceptors (Lipinski definition) is 3. The lowest BCUT2D eigenvalue weighted by Gasteiger charge is -2.28. The van der Waals surface area contributed by atoms with Crippen molar-refractivity contribution in [1.82, 2.24) is 14.9 Å². The molecule has 2 atom stereocenters. The number of carbonyl (C=O) groups excluding carboxylic acids is 1. The minimum atomic E-state index is -0.0835. The van der Waals surface area contributed by atoms with Gasteiger partial charge in [0.25, 0.3) is 0 Å². The van der Waals surface area contributed by atoms with Crippen LogP contribution in [0.5, 0.6) is 0 Å². The lowest BCUT2D eigenvalue weighted by atomic mass is 9.96. The Morgan fingerprint density at radius 3 is 2.48 bits per heavy atom. The molecule has 0 saturated carbocycles. The topological polar surface area (TPSA) is 62.2 Å². The Kier molecular flexibility index (Phi) is 6.26. The summed E-state index contributed by atoms with van der Waals surface area (Å²) in [4.78, 5) is 19.0. The second kappa shape index (κ2) is 8.98. The summed E-state index contributed by atoms with van der Waals surface area (Å²) >= 11 is 5.85. The average molecular weight is 462 g/mol. The summed E-state index contributed by atoms with van der Waals surface area (Å²) in [6.07, 6.45) is 1.82. The monoisotopic (exact) mass is 461 g/mol. The second-order valence-electron chi connectivity index (χ2n) is 9.03. The molecule has 0 radical (unpaired) electrons. The first-order valence-electron chi connectivity index (χ1n) is 11.2. The van der Waals surface area contributed by atoms with Crippen LogP contribution in [-0.4, -0.2) is 20.6 Å². The Morgan fingerprint density at radius 2 is 1.91 bits per heavy atom. The number of amides is 1. The number of benzene rings is 1. The van der Waals surface area contributed by atoms with E-state index in [4.69, 9.17) is 12.2 Å². The summed E-state index contributed by atoms with van der Waals surface area (Å²) in [5.74, 6) is -0.0695. The number of anilines is 2. The van der Waals surface area contributed by atoms with Crippen LogP contribution in [0.2, 0.25) is 0 Å². The fraction of sp³-hybridized carbons (Fsp3) is 0.346. The van der Waals surface area contributed by atoms with Crippen molar-refractivity contribution >= 4 is 34.6 Å². The van der Waals surface area contributed by atoms with Gasteiger partial charge >= 0.3 is 0 Å². The third kappa shape index (κ3) is 4.25. The van der Waals surface area contributed by atoms with Crippen molar-refractivity contribution in [3.05, 3.63) is 76.9 Å². The van der Waals surface area contributed by atoms with E-state index in [0.717, 1.165) is 22.6 Å². The third-order valence-electron chi connectivity index (χ3n) is 6.50. The van der Waals surface area contributed by atoms with E-state index in [1.54, 1.807) is 0 Å². The van der Waals surface area contributed by atoms with E-state index in [-0.39, 0.29) is 23.9 Å². The predicted octanol–water partition coefficient (Wildman–Crippen LogP) is 5.12. The van der Waals surface area contributed by atoms with Crippen molar-refractivity contribution < 1.29 is 4.79 Å². The number of carbonyl (C=O) groups is 1. The number of thiocarbonyl (C=S) groups is 1. The van der Waals surface area contributed by atoms with Gasteiger partial charge in [-0.05, 0) is 80.5 Å². The molecule has 33 heavy (non-hydrogen) atoms. The van der Waals surface area contributed by atoms with E-state index in [1.165, 1.54) is 17.0 Å². The van der Waals surface area contributed by atoms with Crippen LogP contribution in [0.4, 0.5) is 11.4 Å². The van der Waals surface area contributed by atoms with Crippen molar-refractivity contribution in [2.75, 3.05) is 10.2 Å². The second-order valence-corrected chi connectivity index (χ2v) is 9.41. The largest absolute Gasteiger partial charge is 0.352 e. The molecule has 0 unspecified atom stereocenters. The van der Waals surface area contributed by atoms with Crippen LogP contribution in [0.25, 0.3) is 0 Å². The summed E-state index contributed by atoms with van der Waals surface area (Å²) in [6, 6.07) is 14.1. The fourth-order valence-electron chi connectivity index (χ4n) is 4.35. The van der Waals surface area contributed by atoms with Crippen molar-refractivity contribution in [3.8, 4) is 0 Å². The molecular formula is C26H31N5OS. The van der Waals surface area contributed by atoms with Gasteiger partial charge in [-0.25, -0.2) is 0 Å². The molecule has 1 fully saturated rings. The van der Waals surface area contributed by atoms with E-state index in [1.807, 2.05) is 57.3 Å². The van der Waals surface area contributed by atoms with Crippen molar-refractivity contribution in [1.29, 1.82) is 0 Å². The highest BCUT2D eigenvalue weighted by Crippen LogP contribution is 2.43. The van der Waals surface area contributed by atoms with Crippen LogP contribution < -0.4 is 15.5 Å². The summed E-state index contributed by atoms with van der Waals surface area (Å²) in [6.45, 7) is 10.1. The predicted molar refractivity (Wildman–Crippen MR) is 137 cm³/mol. The Hall–Kier alpha value is -3.19. The summed E-state index contributed by atoms with van der Waals surface area (Å²) < 4.78 is 2.21. The van der Waals surface area contributed by atoms with Crippen molar-refractivity contribution in [3.63, 3.8) is 0 Å². The van der Waals surface area contributed by atoms with E-state index in [2.05, 4.69) is 58.1 Å². The highest BCUT2D eigenvalue weighted by atomic mass is 32.1. The van der Waals surface area contributed by atoms with Gasteiger partial charge in [-0.2, -0.15) is 0 Å². The molecule has 2 N–H and O–H groups in total. The van der Waals surface area contributed by atoms with Crippen LogP contribution in [-0.2, 0) is 11.8 Å². The maximum Gasteiger partial charge on any atom is 0.226 e. The minimum absolute atomic E-state index is 0.00712. The molecule has 1 amide bonds. The molecule has 1 saturated heterocycles. The first-order chi connectivity index (χ1) is 15.7. The fourth-order valence-corrected chi connectivity index (χ4v) is 4.69. The summed E-state index contributed by atoms with van der Waals surface area (Å²) in [5, 5.41) is 7.20. The number of aromatic nitrogens is 2. The molecule has 1 aliphatic rings. The molecule has 3 aromatic rings. The molecule has 2 aromatic heterocycles. The normalized spacial score (nSPS) is 18.0. The van der Waals surface area contributed by atoms with Crippen LogP contribution in [0, 0.1) is 26.7 Å². The highest BCUT2D eigenvalue weighted by Gasteiger charge is 2.42. The van der Waals surface area contributed by atoms with Gasteiger partial charge < -0.3 is 20.1 Å². The molecular weight excluding hydrogens is 430 g/mol. The summed E-state index contributed by atoms with van der Waals surface area (Å²) in [7, 11) is 2.09. The molecule has 7 heteroatoms. The zero-order chi connectivity index (χ0) is 23.9. The SMILES string of the molecule is Cc1cc(N2C(=S)N[C@@H](c3ccccn3)[C@@H]2c2cc(C)n(C)c2C)ccc1NC(=O)C(C)C. The molecule has 4 rings (SSSR count). The molecule has 0 bridgehead atoms. The number of pyridine rings is 1. The van der Waals surface area contributed by atoms with Crippen LogP contribution in [0.3, 0.4) is 0 Å². The van der Waals surface area contributed by atoms with E-state index < -0.39 is 0 Å². The van der Waals surface area contributed by atoms with E-state index in [0.29, 0.717) is 5.11 Å². The molecule has 1 aromatic carbocycles. The van der Waals surface area contributed by atoms with Gasteiger partial charge in [-0.15, -0.1) is 0 Å².